The van der Waals surface area contributed by atoms with Gasteiger partial charge in [0.05, 0.1) is 25.9 Å². The van der Waals surface area contributed by atoms with Gasteiger partial charge in [0, 0.05) is 67.3 Å². The summed E-state index contributed by atoms with van der Waals surface area (Å²) in [5, 5.41) is 10.5. The molecular formula is C31H38N4O4S. The van der Waals surface area contributed by atoms with E-state index in [-0.39, 0.29) is 17.2 Å². The fourth-order valence-electron chi connectivity index (χ4n) is 5.92. The highest BCUT2D eigenvalue weighted by molar-refractivity contribution is 7.17. The summed E-state index contributed by atoms with van der Waals surface area (Å²) in [6, 6.07) is 16.5. The van der Waals surface area contributed by atoms with Crippen molar-refractivity contribution >= 4 is 23.0 Å². The Labute approximate surface area is 240 Å². The summed E-state index contributed by atoms with van der Waals surface area (Å²) >= 11 is 1.55. The Hall–Kier alpha value is -2.85. The van der Waals surface area contributed by atoms with Crippen LogP contribution in [-0.4, -0.2) is 79.4 Å². The maximum absolute atomic E-state index is 11.7. The number of hydrogen-bond acceptors (Lipinski definition) is 9. The fourth-order valence-corrected chi connectivity index (χ4v) is 6.77. The van der Waals surface area contributed by atoms with Gasteiger partial charge in [0.1, 0.15) is 10.0 Å². The largest absolute Gasteiger partial charge is 0.465 e. The summed E-state index contributed by atoms with van der Waals surface area (Å²) in [5.41, 5.74) is 3.89. The molecule has 8 nitrogen and oxygen atoms in total. The van der Waals surface area contributed by atoms with Crippen molar-refractivity contribution in [1.82, 2.24) is 15.1 Å². The molecule has 1 saturated carbocycles. The van der Waals surface area contributed by atoms with Crippen LogP contribution in [0.3, 0.4) is 0 Å². The topological polar surface area (TPSA) is 77.0 Å². The van der Waals surface area contributed by atoms with E-state index in [1.54, 1.807) is 23.5 Å². The zero-order valence-electron chi connectivity index (χ0n) is 23.6. The van der Waals surface area contributed by atoms with Gasteiger partial charge in [-0.1, -0.05) is 37.3 Å². The Morgan fingerprint density at radius 2 is 1.43 bits per heavy atom. The van der Waals surface area contributed by atoms with Crippen molar-refractivity contribution in [2.75, 3.05) is 51.4 Å². The highest BCUT2D eigenvalue weighted by atomic mass is 32.1. The van der Waals surface area contributed by atoms with Gasteiger partial charge in [-0.3, -0.25) is 4.90 Å². The van der Waals surface area contributed by atoms with E-state index in [4.69, 9.17) is 14.2 Å². The number of aromatic nitrogens is 2. The molecule has 3 heterocycles. The molecule has 2 aliphatic heterocycles. The molecule has 1 spiro atoms. The molecule has 0 atom stereocenters. The van der Waals surface area contributed by atoms with Crippen molar-refractivity contribution < 1.29 is 19.0 Å². The van der Waals surface area contributed by atoms with E-state index in [9.17, 15) is 4.79 Å². The van der Waals surface area contributed by atoms with Gasteiger partial charge in [-0.2, -0.15) is 0 Å². The maximum atomic E-state index is 11.7. The first-order valence-corrected chi connectivity index (χ1v) is 15.0. The number of ether oxygens (including phenoxy) is 3. The number of carbonyl (C=O) groups is 1. The fraction of sp³-hybridized carbons (Fsp3) is 0.516. The van der Waals surface area contributed by atoms with Gasteiger partial charge in [-0.15, -0.1) is 10.2 Å². The number of piperazine rings is 1. The van der Waals surface area contributed by atoms with Gasteiger partial charge >= 0.3 is 5.97 Å². The molecule has 3 aliphatic rings. The minimum atomic E-state index is -0.345. The van der Waals surface area contributed by atoms with Crippen LogP contribution >= 0.6 is 11.3 Å². The summed E-state index contributed by atoms with van der Waals surface area (Å²) in [5.74, 6) is -0.680. The number of hydrogen-bond donors (Lipinski definition) is 0. The van der Waals surface area contributed by atoms with Gasteiger partial charge in [0.2, 0.25) is 0 Å². The molecule has 0 bridgehead atoms. The molecule has 3 fully saturated rings. The smallest absolute Gasteiger partial charge is 0.337 e. The van der Waals surface area contributed by atoms with E-state index in [1.807, 2.05) is 12.1 Å². The van der Waals surface area contributed by atoms with Crippen LogP contribution in [0.2, 0.25) is 0 Å². The van der Waals surface area contributed by atoms with Gasteiger partial charge < -0.3 is 19.1 Å². The highest BCUT2D eigenvalue weighted by Gasteiger charge is 2.44. The van der Waals surface area contributed by atoms with Crippen LogP contribution in [0.5, 0.6) is 0 Å². The average Bonchev–Trinajstić information content (AvgIpc) is 3.50. The molecule has 0 radical (unpaired) electrons. The second-order valence-corrected chi connectivity index (χ2v) is 12.9. The number of rotatable bonds is 5. The van der Waals surface area contributed by atoms with Gasteiger partial charge in [0.25, 0.3) is 0 Å². The molecule has 1 aliphatic carbocycles. The molecule has 0 amide bonds. The summed E-state index contributed by atoms with van der Waals surface area (Å²) in [6.07, 6.45) is 4.30. The number of nitrogens with zero attached hydrogens (tertiary/aromatic N) is 4. The van der Waals surface area contributed by atoms with Crippen molar-refractivity contribution in [1.29, 1.82) is 0 Å². The monoisotopic (exact) mass is 562 g/mol. The van der Waals surface area contributed by atoms with E-state index in [0.717, 1.165) is 86.2 Å². The Morgan fingerprint density at radius 1 is 0.875 bits per heavy atom. The first-order valence-electron chi connectivity index (χ1n) is 14.2. The quantitative estimate of drug-likeness (QED) is 0.378. The van der Waals surface area contributed by atoms with Crippen molar-refractivity contribution in [3.63, 3.8) is 0 Å². The van der Waals surface area contributed by atoms with Crippen LogP contribution in [0.25, 0.3) is 21.1 Å². The molecule has 0 unspecified atom stereocenters. The van der Waals surface area contributed by atoms with Crippen LogP contribution in [0.1, 0.15) is 49.9 Å². The van der Waals surface area contributed by atoms with Crippen molar-refractivity contribution in [3.8, 4) is 21.1 Å². The first-order chi connectivity index (χ1) is 19.3. The molecule has 3 aromatic rings. The van der Waals surface area contributed by atoms with Gasteiger partial charge in [-0.25, -0.2) is 4.79 Å². The lowest BCUT2D eigenvalue weighted by atomic mass is 9.86. The standard InChI is InChI=1S/C31H38N4O4S/c1-30(2)20-38-31(39-21-30)14-12-26(13-15-31)35-18-16-34(17-19-35)25-10-8-23(9-11-25)28-33-32-27(40-28)22-4-6-24(7-5-22)29(36)37-3/h4-11,26H,12-21H2,1-3H3. The highest BCUT2D eigenvalue weighted by Crippen LogP contribution is 2.40. The van der Waals surface area contributed by atoms with E-state index >= 15 is 0 Å². The Kier molecular flexibility index (Phi) is 7.65. The molecule has 9 heteroatoms. The van der Waals surface area contributed by atoms with E-state index in [2.05, 4.69) is 58.1 Å². The zero-order valence-corrected chi connectivity index (χ0v) is 24.4. The van der Waals surface area contributed by atoms with Crippen molar-refractivity contribution in [3.05, 3.63) is 54.1 Å². The molecule has 2 saturated heterocycles. The van der Waals surface area contributed by atoms with Crippen LogP contribution in [-0.2, 0) is 14.2 Å². The van der Waals surface area contributed by atoms with E-state index in [0.29, 0.717) is 11.6 Å². The summed E-state index contributed by atoms with van der Waals surface area (Å²) in [7, 11) is 1.38. The number of benzene rings is 2. The van der Waals surface area contributed by atoms with Crippen LogP contribution in [0, 0.1) is 5.41 Å². The van der Waals surface area contributed by atoms with Crippen molar-refractivity contribution in [2.45, 2.75) is 51.4 Å². The minimum Gasteiger partial charge on any atom is -0.465 e. The van der Waals surface area contributed by atoms with Crippen LogP contribution in [0.15, 0.2) is 48.5 Å². The maximum Gasteiger partial charge on any atom is 0.337 e. The number of methoxy groups -OCH3 is 1. The van der Waals surface area contributed by atoms with Gasteiger partial charge in [-0.05, 0) is 49.2 Å². The van der Waals surface area contributed by atoms with E-state index < -0.39 is 0 Å². The lowest BCUT2D eigenvalue weighted by Crippen LogP contribution is -2.55. The number of esters is 1. The lowest BCUT2D eigenvalue weighted by Gasteiger charge is -2.49. The molecule has 40 heavy (non-hydrogen) atoms. The lowest BCUT2D eigenvalue weighted by molar-refractivity contribution is -0.312. The molecule has 2 aromatic carbocycles. The van der Waals surface area contributed by atoms with Crippen molar-refractivity contribution in [2.24, 2.45) is 5.41 Å². The second-order valence-electron chi connectivity index (χ2n) is 11.9. The molecular weight excluding hydrogens is 524 g/mol. The third kappa shape index (κ3) is 5.79. The van der Waals surface area contributed by atoms with Gasteiger partial charge in [0.15, 0.2) is 5.79 Å². The van der Waals surface area contributed by atoms with Crippen LogP contribution in [0.4, 0.5) is 5.69 Å². The normalized spacial score (nSPS) is 21.4. The summed E-state index contributed by atoms with van der Waals surface area (Å²) in [4.78, 5) is 16.8. The van der Waals surface area contributed by atoms with E-state index in [1.165, 1.54) is 12.8 Å². The molecule has 212 valence electrons. The predicted molar refractivity (Wildman–Crippen MR) is 157 cm³/mol. The third-order valence-corrected chi connectivity index (χ3v) is 9.48. The van der Waals surface area contributed by atoms with Crippen LogP contribution < -0.4 is 4.90 Å². The Bertz CT molecular complexity index is 1300. The number of carbonyl (C=O) groups excluding carboxylic acids is 1. The first kappa shape index (κ1) is 27.3. The third-order valence-electron chi connectivity index (χ3n) is 8.46. The average molecular weight is 563 g/mol. The molecule has 6 rings (SSSR count). The summed E-state index contributed by atoms with van der Waals surface area (Å²) in [6.45, 7) is 10.2. The molecule has 0 N–H and O–H groups in total. The Morgan fingerprint density at radius 3 is 1.98 bits per heavy atom. The molecule has 1 aromatic heterocycles. The second kappa shape index (κ2) is 11.2. The predicted octanol–water partition coefficient (Wildman–Crippen LogP) is 5.49. The summed E-state index contributed by atoms with van der Waals surface area (Å²) < 4.78 is 17.3. The number of anilines is 1. The Balaban J connectivity index is 1.01. The minimum absolute atomic E-state index is 0.123. The zero-order chi connectivity index (χ0) is 27.7. The SMILES string of the molecule is COC(=O)c1ccc(-c2nnc(-c3ccc(N4CCN(C5CCC6(CC5)OCC(C)(C)CO6)CC4)cc3)s2)cc1.